The highest BCUT2D eigenvalue weighted by molar-refractivity contribution is 6.30. The number of pyridine rings is 1. The van der Waals surface area contributed by atoms with Crippen molar-refractivity contribution in [2.24, 2.45) is 0 Å². The number of rotatable bonds is 4. The zero-order chi connectivity index (χ0) is 14.0. The fraction of sp³-hybridized carbons (Fsp3) is 0.385. The van der Waals surface area contributed by atoms with Crippen molar-refractivity contribution >= 4 is 23.2 Å². The number of halogens is 1. The van der Waals surface area contributed by atoms with E-state index in [1.165, 1.54) is 0 Å². The number of aryl methyl sites for hydroxylation is 1. The number of carbonyl (C=O) groups excluding carboxylic acids is 1. The van der Waals surface area contributed by atoms with E-state index in [1.54, 1.807) is 29.7 Å². The van der Waals surface area contributed by atoms with Crippen molar-refractivity contribution in [1.29, 1.82) is 0 Å². The summed E-state index contributed by atoms with van der Waals surface area (Å²) < 4.78 is 1.71. The molecule has 0 radical (unpaired) electrons. The smallest absolute Gasteiger partial charge is 0.270 e. The fourth-order valence-corrected chi connectivity index (χ4v) is 2.03. The number of aliphatic hydroxyl groups is 1. The van der Waals surface area contributed by atoms with E-state index in [2.05, 4.69) is 10.3 Å². The van der Waals surface area contributed by atoms with Crippen LogP contribution in [-0.2, 0) is 6.42 Å². The maximum atomic E-state index is 12.2. The molecule has 102 valence electrons. The van der Waals surface area contributed by atoms with E-state index in [9.17, 15) is 9.90 Å². The summed E-state index contributed by atoms with van der Waals surface area (Å²) in [6.07, 6.45) is 1.79. The molecular formula is C13H16ClN3O2. The Hall–Kier alpha value is -1.59. The Morgan fingerprint density at radius 3 is 3.00 bits per heavy atom. The summed E-state index contributed by atoms with van der Waals surface area (Å²) in [4.78, 5) is 16.6. The molecule has 1 unspecified atom stereocenters. The molecule has 0 spiro atoms. The van der Waals surface area contributed by atoms with Gasteiger partial charge in [0.1, 0.15) is 11.3 Å². The molecule has 0 aliphatic rings. The van der Waals surface area contributed by atoms with E-state index in [-0.39, 0.29) is 12.5 Å². The number of aromatic nitrogens is 2. The summed E-state index contributed by atoms with van der Waals surface area (Å²) in [5.74, 6) is -0.243. The lowest BCUT2D eigenvalue weighted by atomic mass is 10.2. The van der Waals surface area contributed by atoms with E-state index >= 15 is 0 Å². The van der Waals surface area contributed by atoms with Crippen molar-refractivity contribution < 1.29 is 9.90 Å². The number of nitrogens with one attached hydrogen (secondary N) is 1. The molecule has 5 nitrogen and oxygen atoms in total. The maximum Gasteiger partial charge on any atom is 0.270 e. The first-order valence-electron chi connectivity index (χ1n) is 6.15. The monoisotopic (exact) mass is 281 g/mol. The molecule has 0 bridgehead atoms. The Morgan fingerprint density at radius 2 is 2.37 bits per heavy atom. The van der Waals surface area contributed by atoms with Crippen molar-refractivity contribution in [1.82, 2.24) is 14.7 Å². The topological polar surface area (TPSA) is 66.6 Å². The summed E-state index contributed by atoms with van der Waals surface area (Å²) >= 11 is 5.92. The van der Waals surface area contributed by atoms with Crippen molar-refractivity contribution in [3.63, 3.8) is 0 Å². The van der Waals surface area contributed by atoms with Crippen LogP contribution in [0, 0.1) is 0 Å². The molecule has 2 heterocycles. The van der Waals surface area contributed by atoms with Crippen molar-refractivity contribution in [2.75, 3.05) is 6.54 Å². The van der Waals surface area contributed by atoms with Gasteiger partial charge in [0.15, 0.2) is 0 Å². The lowest BCUT2D eigenvalue weighted by Crippen LogP contribution is -2.31. The molecule has 0 aliphatic carbocycles. The standard InChI is InChI=1S/C13H16ClN3O2/c1-3-10-12(13(19)15-7-8(2)18)17-5-4-9(14)6-11(17)16-10/h4-6,8,18H,3,7H2,1-2H3,(H,15,19). The third kappa shape index (κ3) is 2.88. The summed E-state index contributed by atoms with van der Waals surface area (Å²) in [5.41, 5.74) is 1.85. The fourth-order valence-electron chi connectivity index (χ4n) is 1.88. The third-order valence-corrected chi connectivity index (χ3v) is 3.00. The van der Waals surface area contributed by atoms with E-state index in [0.29, 0.717) is 28.5 Å². The number of hydrogen-bond acceptors (Lipinski definition) is 3. The molecule has 1 atom stereocenters. The molecule has 2 aromatic rings. The van der Waals surface area contributed by atoms with Gasteiger partial charge in [-0.25, -0.2) is 4.98 Å². The highest BCUT2D eigenvalue weighted by Gasteiger charge is 2.18. The second-order valence-corrected chi connectivity index (χ2v) is 4.83. The minimum Gasteiger partial charge on any atom is -0.392 e. The van der Waals surface area contributed by atoms with Gasteiger partial charge in [0, 0.05) is 23.8 Å². The summed E-state index contributed by atoms with van der Waals surface area (Å²) in [6, 6.07) is 3.42. The second kappa shape index (κ2) is 5.59. The van der Waals surface area contributed by atoms with Crippen LogP contribution in [0.4, 0.5) is 0 Å². The summed E-state index contributed by atoms with van der Waals surface area (Å²) in [5, 5.41) is 12.5. The maximum absolute atomic E-state index is 12.2. The van der Waals surface area contributed by atoms with Crippen molar-refractivity contribution in [2.45, 2.75) is 26.4 Å². The van der Waals surface area contributed by atoms with Crippen LogP contribution in [0.25, 0.3) is 5.65 Å². The lowest BCUT2D eigenvalue weighted by Gasteiger charge is -2.08. The van der Waals surface area contributed by atoms with Crippen molar-refractivity contribution in [3.05, 3.63) is 34.7 Å². The van der Waals surface area contributed by atoms with Gasteiger partial charge in [-0.2, -0.15) is 0 Å². The molecule has 0 fully saturated rings. The number of hydrogen-bond donors (Lipinski definition) is 2. The molecule has 0 saturated heterocycles. The Kier molecular flexibility index (Phi) is 4.07. The molecule has 0 aliphatic heterocycles. The first kappa shape index (κ1) is 13.8. The zero-order valence-electron chi connectivity index (χ0n) is 10.9. The molecule has 1 amide bonds. The van der Waals surface area contributed by atoms with Crippen LogP contribution in [0.5, 0.6) is 0 Å². The van der Waals surface area contributed by atoms with Crippen LogP contribution in [0.15, 0.2) is 18.3 Å². The van der Waals surface area contributed by atoms with Crippen LogP contribution in [0.1, 0.15) is 30.0 Å². The summed E-state index contributed by atoms with van der Waals surface area (Å²) in [7, 11) is 0. The molecule has 6 heteroatoms. The highest BCUT2D eigenvalue weighted by atomic mass is 35.5. The van der Waals surface area contributed by atoms with Gasteiger partial charge in [-0.1, -0.05) is 18.5 Å². The Balaban J connectivity index is 2.42. The van der Waals surface area contributed by atoms with Crippen LogP contribution < -0.4 is 5.32 Å². The Labute approximate surface area is 116 Å². The molecular weight excluding hydrogens is 266 g/mol. The van der Waals surface area contributed by atoms with Crippen molar-refractivity contribution in [3.8, 4) is 0 Å². The minimum absolute atomic E-state index is 0.211. The predicted molar refractivity (Wildman–Crippen MR) is 73.6 cm³/mol. The van der Waals surface area contributed by atoms with E-state index < -0.39 is 6.10 Å². The minimum atomic E-state index is -0.581. The van der Waals surface area contributed by atoms with E-state index in [1.807, 2.05) is 6.92 Å². The van der Waals surface area contributed by atoms with Gasteiger partial charge in [0.05, 0.1) is 11.8 Å². The van der Waals surface area contributed by atoms with Gasteiger partial charge in [-0.3, -0.25) is 9.20 Å². The van der Waals surface area contributed by atoms with Gasteiger partial charge in [0.25, 0.3) is 5.91 Å². The zero-order valence-corrected chi connectivity index (χ0v) is 11.6. The molecule has 0 saturated carbocycles. The molecule has 0 aromatic carbocycles. The third-order valence-electron chi connectivity index (χ3n) is 2.77. The van der Waals surface area contributed by atoms with Gasteiger partial charge in [-0.15, -0.1) is 0 Å². The van der Waals surface area contributed by atoms with Gasteiger partial charge in [0.2, 0.25) is 0 Å². The number of imidazole rings is 1. The van der Waals surface area contributed by atoms with Crippen LogP contribution >= 0.6 is 11.6 Å². The molecule has 2 N–H and O–H groups in total. The Bertz CT molecular complexity index is 607. The highest BCUT2D eigenvalue weighted by Crippen LogP contribution is 2.17. The van der Waals surface area contributed by atoms with Gasteiger partial charge in [-0.05, 0) is 19.4 Å². The largest absolute Gasteiger partial charge is 0.392 e. The summed E-state index contributed by atoms with van der Waals surface area (Å²) in [6.45, 7) is 3.77. The first-order valence-corrected chi connectivity index (χ1v) is 6.53. The number of nitrogens with zero attached hydrogens (tertiary/aromatic N) is 2. The predicted octanol–water partition coefficient (Wildman–Crippen LogP) is 1.66. The van der Waals surface area contributed by atoms with E-state index in [4.69, 9.17) is 11.6 Å². The normalized spacial score (nSPS) is 12.6. The van der Waals surface area contributed by atoms with Crippen LogP contribution in [0.2, 0.25) is 5.02 Å². The van der Waals surface area contributed by atoms with Gasteiger partial charge >= 0.3 is 0 Å². The van der Waals surface area contributed by atoms with Crippen LogP contribution in [0.3, 0.4) is 0 Å². The molecule has 2 rings (SSSR count). The molecule has 19 heavy (non-hydrogen) atoms. The van der Waals surface area contributed by atoms with Crippen LogP contribution in [-0.4, -0.2) is 33.0 Å². The number of aliphatic hydroxyl groups excluding tert-OH is 1. The van der Waals surface area contributed by atoms with Gasteiger partial charge < -0.3 is 10.4 Å². The lowest BCUT2D eigenvalue weighted by molar-refractivity contribution is 0.0917. The van der Waals surface area contributed by atoms with E-state index in [0.717, 1.165) is 0 Å². The second-order valence-electron chi connectivity index (χ2n) is 4.39. The molecule has 2 aromatic heterocycles. The first-order chi connectivity index (χ1) is 9.02. The SMILES string of the molecule is CCc1nc2cc(Cl)ccn2c1C(=O)NCC(C)O. The Morgan fingerprint density at radius 1 is 1.63 bits per heavy atom. The number of carbonyl (C=O) groups is 1. The number of fused-ring (bicyclic) bond motifs is 1. The number of amides is 1. The average Bonchev–Trinajstić information content (AvgIpc) is 2.73. The quantitative estimate of drug-likeness (QED) is 0.896. The average molecular weight is 282 g/mol.